The number of carbonyl (C=O) groups is 1. The monoisotopic (exact) mass is 190 g/mol. The van der Waals surface area contributed by atoms with Crippen molar-refractivity contribution in [2.24, 2.45) is 0 Å². The van der Waals surface area contributed by atoms with Crippen LogP contribution in [0.3, 0.4) is 0 Å². The Morgan fingerprint density at radius 2 is 2.50 bits per heavy atom. The van der Waals surface area contributed by atoms with Gasteiger partial charge in [-0.25, -0.2) is 4.98 Å². The number of carbonyl (C=O) groups excluding carboxylic acids is 1. The molecule has 1 unspecified atom stereocenters. The molecule has 0 bridgehead atoms. The Labute approximate surface area is 82.1 Å². The second kappa shape index (κ2) is 4.97. The summed E-state index contributed by atoms with van der Waals surface area (Å²) in [5.41, 5.74) is 0.349. The highest BCUT2D eigenvalue weighted by molar-refractivity contribution is 5.71. The van der Waals surface area contributed by atoms with E-state index in [9.17, 15) is 4.79 Å². The van der Waals surface area contributed by atoms with Crippen LogP contribution in [0.25, 0.3) is 0 Å². The maximum absolute atomic E-state index is 10.3. The van der Waals surface area contributed by atoms with Crippen LogP contribution in [0.1, 0.15) is 23.8 Å². The fraction of sp³-hybridized carbons (Fsp3) is 0.300. The number of ether oxygens (including phenoxy) is 1. The molecular weight excluding hydrogens is 180 g/mol. The summed E-state index contributed by atoms with van der Waals surface area (Å²) in [5.74, 6) is 0.504. The van der Waals surface area contributed by atoms with Crippen molar-refractivity contribution in [3.8, 4) is 11.8 Å². The summed E-state index contributed by atoms with van der Waals surface area (Å²) in [7, 11) is 0. The second-order valence-electron chi connectivity index (χ2n) is 2.68. The highest BCUT2D eigenvalue weighted by Crippen LogP contribution is 2.11. The minimum atomic E-state index is -0.459. The van der Waals surface area contributed by atoms with E-state index in [-0.39, 0.29) is 0 Å². The molecule has 0 spiro atoms. The van der Waals surface area contributed by atoms with Crippen LogP contribution < -0.4 is 4.74 Å². The molecule has 0 aromatic carbocycles. The first-order valence-electron chi connectivity index (χ1n) is 4.27. The topological polar surface area (TPSA) is 63.0 Å². The highest BCUT2D eigenvalue weighted by atomic mass is 16.5. The normalized spacial score (nSPS) is 11.4. The van der Waals surface area contributed by atoms with Gasteiger partial charge in [0, 0.05) is 0 Å². The molecule has 0 aliphatic rings. The van der Waals surface area contributed by atoms with Gasteiger partial charge < -0.3 is 4.74 Å². The molecule has 1 rings (SSSR count). The minimum Gasteiger partial charge on any atom is -0.474 e. The standard InChI is InChI=1S/C10H10N2O2/c1-2-9(5-11)14-10-4-3-8(7-13)12-6-10/h3-4,6-7,9H,2H2,1H3. The highest BCUT2D eigenvalue weighted by Gasteiger charge is 2.05. The van der Waals surface area contributed by atoms with Crippen molar-refractivity contribution in [3.63, 3.8) is 0 Å². The fourth-order valence-corrected chi connectivity index (χ4v) is 0.896. The first-order valence-corrected chi connectivity index (χ1v) is 4.27. The van der Waals surface area contributed by atoms with Gasteiger partial charge in [0.2, 0.25) is 0 Å². The van der Waals surface area contributed by atoms with E-state index in [4.69, 9.17) is 10.00 Å². The molecule has 4 heteroatoms. The van der Waals surface area contributed by atoms with E-state index >= 15 is 0 Å². The van der Waals surface area contributed by atoms with Gasteiger partial charge in [-0.1, -0.05) is 6.92 Å². The third-order valence-corrected chi connectivity index (χ3v) is 1.67. The largest absolute Gasteiger partial charge is 0.474 e. The van der Waals surface area contributed by atoms with E-state index in [0.29, 0.717) is 24.2 Å². The molecule has 0 saturated heterocycles. The first kappa shape index (κ1) is 10.2. The predicted molar refractivity (Wildman–Crippen MR) is 49.9 cm³/mol. The lowest BCUT2D eigenvalue weighted by atomic mass is 10.3. The Kier molecular flexibility index (Phi) is 3.62. The quantitative estimate of drug-likeness (QED) is 0.676. The summed E-state index contributed by atoms with van der Waals surface area (Å²) < 4.78 is 5.27. The van der Waals surface area contributed by atoms with Crippen LogP contribution in [-0.2, 0) is 0 Å². The zero-order chi connectivity index (χ0) is 10.4. The van der Waals surface area contributed by atoms with E-state index in [2.05, 4.69) is 4.98 Å². The Morgan fingerprint density at radius 1 is 1.71 bits per heavy atom. The van der Waals surface area contributed by atoms with Gasteiger partial charge in [-0.2, -0.15) is 5.26 Å². The molecule has 0 fully saturated rings. The maximum atomic E-state index is 10.3. The molecule has 1 aromatic heterocycles. The van der Waals surface area contributed by atoms with Crippen LogP contribution in [0.4, 0.5) is 0 Å². The van der Waals surface area contributed by atoms with E-state index < -0.39 is 6.10 Å². The van der Waals surface area contributed by atoms with Gasteiger partial charge in [0.1, 0.15) is 17.5 Å². The lowest BCUT2D eigenvalue weighted by molar-refractivity contribution is 0.111. The summed E-state index contributed by atoms with van der Waals surface area (Å²) >= 11 is 0. The number of rotatable bonds is 4. The maximum Gasteiger partial charge on any atom is 0.184 e. The Balaban J connectivity index is 2.69. The van der Waals surface area contributed by atoms with Crippen LogP contribution in [0, 0.1) is 11.3 Å². The molecule has 4 nitrogen and oxygen atoms in total. The van der Waals surface area contributed by atoms with Gasteiger partial charge >= 0.3 is 0 Å². The third kappa shape index (κ3) is 2.56. The molecule has 0 radical (unpaired) electrons. The average Bonchev–Trinajstić information content (AvgIpc) is 2.26. The number of hydrogen-bond acceptors (Lipinski definition) is 4. The van der Waals surface area contributed by atoms with E-state index in [1.54, 1.807) is 12.1 Å². The van der Waals surface area contributed by atoms with Gasteiger partial charge in [0.15, 0.2) is 12.4 Å². The van der Waals surface area contributed by atoms with Gasteiger partial charge in [0.05, 0.1) is 6.20 Å². The first-order chi connectivity index (χ1) is 6.80. The Bertz CT molecular complexity index is 340. The summed E-state index contributed by atoms with van der Waals surface area (Å²) in [5, 5.41) is 8.64. The summed E-state index contributed by atoms with van der Waals surface area (Å²) in [6.07, 6.45) is 2.25. The summed E-state index contributed by atoms with van der Waals surface area (Å²) in [4.78, 5) is 14.1. The zero-order valence-corrected chi connectivity index (χ0v) is 7.80. The minimum absolute atomic E-state index is 0.349. The molecule has 72 valence electrons. The van der Waals surface area contributed by atoms with Crippen LogP contribution in [0.5, 0.6) is 5.75 Å². The smallest absolute Gasteiger partial charge is 0.184 e. The molecule has 1 heterocycles. The lowest BCUT2D eigenvalue weighted by Gasteiger charge is -2.08. The molecule has 1 atom stereocenters. The van der Waals surface area contributed by atoms with Gasteiger partial charge in [0.25, 0.3) is 0 Å². The Morgan fingerprint density at radius 3 is 2.93 bits per heavy atom. The molecule has 0 N–H and O–H groups in total. The van der Waals surface area contributed by atoms with Crippen molar-refractivity contribution in [3.05, 3.63) is 24.0 Å². The average molecular weight is 190 g/mol. The van der Waals surface area contributed by atoms with Crippen LogP contribution in [-0.4, -0.2) is 17.4 Å². The van der Waals surface area contributed by atoms with Crippen molar-refractivity contribution in [1.29, 1.82) is 5.26 Å². The van der Waals surface area contributed by atoms with Crippen molar-refractivity contribution >= 4 is 6.29 Å². The number of nitrogens with zero attached hydrogens (tertiary/aromatic N) is 2. The molecule has 0 aliphatic heterocycles. The Hall–Kier alpha value is -1.89. The van der Waals surface area contributed by atoms with Crippen LogP contribution >= 0.6 is 0 Å². The molecule has 1 aromatic rings. The molecule has 0 aliphatic carbocycles. The van der Waals surface area contributed by atoms with Crippen molar-refractivity contribution in [2.45, 2.75) is 19.4 Å². The van der Waals surface area contributed by atoms with Gasteiger partial charge in [-0.15, -0.1) is 0 Å². The number of nitriles is 1. The lowest BCUT2D eigenvalue weighted by Crippen LogP contribution is -2.12. The number of aromatic nitrogens is 1. The van der Waals surface area contributed by atoms with E-state index in [1.165, 1.54) is 6.20 Å². The molecular formula is C10H10N2O2. The number of pyridine rings is 1. The van der Waals surface area contributed by atoms with E-state index in [0.717, 1.165) is 0 Å². The van der Waals surface area contributed by atoms with Crippen molar-refractivity contribution in [1.82, 2.24) is 4.98 Å². The van der Waals surface area contributed by atoms with Crippen LogP contribution in [0.2, 0.25) is 0 Å². The van der Waals surface area contributed by atoms with Gasteiger partial charge in [-0.3, -0.25) is 4.79 Å². The van der Waals surface area contributed by atoms with Crippen molar-refractivity contribution in [2.75, 3.05) is 0 Å². The number of hydrogen-bond donors (Lipinski definition) is 0. The van der Waals surface area contributed by atoms with Crippen molar-refractivity contribution < 1.29 is 9.53 Å². The molecule has 0 saturated carbocycles. The zero-order valence-electron chi connectivity index (χ0n) is 7.80. The number of aldehydes is 1. The fourth-order valence-electron chi connectivity index (χ4n) is 0.896. The second-order valence-corrected chi connectivity index (χ2v) is 2.68. The summed E-state index contributed by atoms with van der Waals surface area (Å²) in [6.45, 7) is 1.86. The van der Waals surface area contributed by atoms with E-state index in [1.807, 2.05) is 13.0 Å². The third-order valence-electron chi connectivity index (χ3n) is 1.67. The van der Waals surface area contributed by atoms with Crippen LogP contribution in [0.15, 0.2) is 18.3 Å². The molecule has 0 amide bonds. The predicted octanol–water partition coefficient (Wildman–Crippen LogP) is 1.58. The van der Waals surface area contributed by atoms with Gasteiger partial charge in [-0.05, 0) is 18.6 Å². The SMILES string of the molecule is CCC(C#N)Oc1ccc(C=O)nc1. The summed E-state index contributed by atoms with van der Waals surface area (Å²) in [6, 6.07) is 5.18. The molecule has 14 heavy (non-hydrogen) atoms.